The summed E-state index contributed by atoms with van der Waals surface area (Å²) in [5.41, 5.74) is 0. The number of hydrogen-bond acceptors (Lipinski definition) is 4. The van der Waals surface area contributed by atoms with Gasteiger partial charge >= 0.3 is 17.1 Å². The van der Waals surface area contributed by atoms with Gasteiger partial charge in [-0.15, -0.1) is 0 Å². The average Bonchev–Trinajstić information content (AvgIpc) is 2.91. The van der Waals surface area contributed by atoms with Crippen LogP contribution in [0.3, 0.4) is 0 Å². The minimum atomic E-state index is -3.96. The first-order chi connectivity index (χ1) is 8.21. The predicted molar refractivity (Wildman–Crippen MR) is 63.7 cm³/mol. The van der Waals surface area contributed by atoms with Crippen LogP contribution >= 0.6 is 0 Å². The fourth-order valence-corrected chi connectivity index (χ4v) is 2.06. The van der Waals surface area contributed by atoms with E-state index in [9.17, 15) is 16.8 Å². The van der Waals surface area contributed by atoms with Gasteiger partial charge in [0.25, 0.3) is 20.2 Å². The minimum Gasteiger partial charge on any atom is -0.283 e. The van der Waals surface area contributed by atoms with Gasteiger partial charge in [-0.3, -0.25) is 9.11 Å². The topological polar surface area (TPSA) is 109 Å². The van der Waals surface area contributed by atoms with Crippen LogP contribution in [-0.4, -0.2) is 25.9 Å². The van der Waals surface area contributed by atoms with Crippen molar-refractivity contribution in [3.8, 4) is 0 Å². The van der Waals surface area contributed by atoms with Crippen LogP contribution in [-0.2, 0) is 37.3 Å². The van der Waals surface area contributed by atoms with Crippen LogP contribution in [0.5, 0.6) is 0 Å². The van der Waals surface area contributed by atoms with E-state index in [2.05, 4.69) is 0 Å². The van der Waals surface area contributed by atoms with E-state index in [0.29, 0.717) is 0 Å². The number of hydrogen-bond donors (Lipinski definition) is 2. The van der Waals surface area contributed by atoms with E-state index in [-0.39, 0.29) is 26.9 Å². The zero-order valence-corrected chi connectivity index (χ0v) is 12.1. The molecule has 0 spiro atoms. The Morgan fingerprint density at radius 2 is 1.11 bits per heavy atom. The molecule has 0 aliphatic rings. The summed E-state index contributed by atoms with van der Waals surface area (Å²) in [5, 5.41) is 0. The average molecular weight is 346 g/mol. The van der Waals surface area contributed by atoms with E-state index in [1.165, 1.54) is 24.3 Å². The molecule has 0 amide bonds. The van der Waals surface area contributed by atoms with Crippen LogP contribution in [0.4, 0.5) is 0 Å². The van der Waals surface area contributed by atoms with Crippen molar-refractivity contribution in [2.75, 3.05) is 0 Å². The van der Waals surface area contributed by atoms with E-state index in [1.807, 2.05) is 0 Å². The third kappa shape index (κ3) is 6.15. The first-order valence-electron chi connectivity index (χ1n) is 4.59. The molecule has 0 fully saturated rings. The Bertz CT molecular complexity index is 606. The molecule has 0 aliphatic heterocycles. The molecule has 2 aromatic carbocycles. The largest absolute Gasteiger partial charge is 2.00 e. The fourth-order valence-electron chi connectivity index (χ4n) is 1.06. The van der Waals surface area contributed by atoms with Crippen molar-refractivity contribution >= 4 is 20.2 Å². The summed E-state index contributed by atoms with van der Waals surface area (Å²) in [6.07, 6.45) is 0. The van der Waals surface area contributed by atoms with Crippen molar-refractivity contribution < 1.29 is 43.0 Å². The summed E-state index contributed by atoms with van der Waals surface area (Å²) in [4.78, 5) is -0.106. The molecule has 2 N–H and O–H groups in total. The third-order valence-electron chi connectivity index (χ3n) is 1.86. The Kier molecular flexibility index (Phi) is 6.64. The van der Waals surface area contributed by atoms with E-state index >= 15 is 0 Å². The molecule has 2 aromatic rings. The molecule has 106 valence electrons. The molecule has 0 bridgehead atoms. The van der Waals surface area contributed by atoms with Crippen LogP contribution in [0.2, 0.25) is 0 Å². The van der Waals surface area contributed by atoms with Crippen molar-refractivity contribution in [2.24, 2.45) is 0 Å². The van der Waals surface area contributed by atoms with Crippen LogP contribution in [0.15, 0.2) is 58.3 Å². The summed E-state index contributed by atoms with van der Waals surface area (Å²) in [6.45, 7) is 0. The van der Waals surface area contributed by atoms with Crippen LogP contribution in [0, 0.1) is 0 Å². The standard InChI is InChI=1S/2C5H5O3S.Fe/c2*6-9(7,8)5-3-1-2-4-5;/h2*1-4H,(H,6,7,8);/q2*-1;+2. The van der Waals surface area contributed by atoms with Gasteiger partial charge in [-0.05, 0) is 9.79 Å². The Balaban J connectivity index is 0.000000324. The molecule has 0 aromatic heterocycles. The molecule has 0 atom stereocenters. The summed E-state index contributed by atoms with van der Waals surface area (Å²) >= 11 is 0. The second-order valence-electron chi connectivity index (χ2n) is 3.19. The molecule has 0 unspecified atom stereocenters. The Hall–Kier alpha value is -0.961. The van der Waals surface area contributed by atoms with E-state index < -0.39 is 20.2 Å². The maximum Gasteiger partial charge on any atom is 2.00 e. The molecule has 0 heterocycles. The van der Waals surface area contributed by atoms with E-state index in [4.69, 9.17) is 9.11 Å². The van der Waals surface area contributed by atoms with Crippen molar-refractivity contribution in [3.63, 3.8) is 0 Å². The monoisotopic (exact) mass is 346 g/mol. The second kappa shape index (κ2) is 6.99. The molecule has 0 saturated heterocycles. The second-order valence-corrected chi connectivity index (χ2v) is 6.03. The van der Waals surface area contributed by atoms with Crippen LogP contribution < -0.4 is 0 Å². The number of rotatable bonds is 2. The van der Waals surface area contributed by atoms with Gasteiger partial charge < -0.3 is 0 Å². The quantitative estimate of drug-likeness (QED) is 0.482. The molecular weight excluding hydrogens is 336 g/mol. The van der Waals surface area contributed by atoms with Gasteiger partial charge in [0.2, 0.25) is 0 Å². The van der Waals surface area contributed by atoms with Gasteiger partial charge in [0.15, 0.2) is 0 Å². The zero-order chi connectivity index (χ0) is 13.8. The summed E-state index contributed by atoms with van der Waals surface area (Å²) in [6, 6.07) is 11.5. The fraction of sp³-hybridized carbons (Fsp3) is 0. The van der Waals surface area contributed by atoms with Crippen molar-refractivity contribution in [2.45, 2.75) is 9.79 Å². The molecule has 2 rings (SSSR count). The summed E-state index contributed by atoms with van der Waals surface area (Å²) in [7, 11) is -7.92. The molecule has 0 aliphatic carbocycles. The predicted octanol–water partition coefficient (Wildman–Crippen LogP) is 1.30. The van der Waals surface area contributed by atoms with Crippen molar-refractivity contribution in [1.82, 2.24) is 0 Å². The third-order valence-corrected chi connectivity index (χ3v) is 3.60. The first-order valence-corrected chi connectivity index (χ1v) is 7.47. The Labute approximate surface area is 121 Å². The minimum absolute atomic E-state index is 0. The smallest absolute Gasteiger partial charge is 0.283 e. The van der Waals surface area contributed by atoms with Crippen molar-refractivity contribution in [1.29, 1.82) is 0 Å². The SMILES string of the molecule is O=S(=O)(O)c1ccc[cH-]1.O=S(=O)(O)c1ccc[cH-]1.[Fe+2]. The van der Waals surface area contributed by atoms with Gasteiger partial charge in [-0.2, -0.15) is 53.2 Å². The Morgan fingerprint density at radius 3 is 1.21 bits per heavy atom. The summed E-state index contributed by atoms with van der Waals surface area (Å²) < 4.78 is 57.7. The molecule has 0 saturated carbocycles. The Morgan fingerprint density at radius 1 is 0.789 bits per heavy atom. The van der Waals surface area contributed by atoms with Crippen LogP contribution in [0.25, 0.3) is 0 Å². The van der Waals surface area contributed by atoms with E-state index in [1.54, 1.807) is 24.3 Å². The normalized spacial score (nSPS) is 11.1. The molecule has 9 heteroatoms. The molecular formula is C10H10FeO6S2. The summed E-state index contributed by atoms with van der Waals surface area (Å²) in [5.74, 6) is 0. The zero-order valence-electron chi connectivity index (χ0n) is 9.32. The molecule has 19 heavy (non-hydrogen) atoms. The van der Waals surface area contributed by atoms with Gasteiger partial charge in [-0.1, -0.05) is 0 Å². The van der Waals surface area contributed by atoms with Crippen LogP contribution in [0.1, 0.15) is 0 Å². The van der Waals surface area contributed by atoms with Gasteiger partial charge in [0.1, 0.15) is 0 Å². The van der Waals surface area contributed by atoms with Gasteiger partial charge in [0.05, 0.1) is 0 Å². The maximum absolute atomic E-state index is 10.2. The van der Waals surface area contributed by atoms with Gasteiger partial charge in [0, 0.05) is 0 Å². The molecule has 6 nitrogen and oxygen atoms in total. The van der Waals surface area contributed by atoms with E-state index in [0.717, 1.165) is 0 Å². The molecule has 0 radical (unpaired) electrons. The van der Waals surface area contributed by atoms with Gasteiger partial charge in [-0.25, -0.2) is 12.1 Å². The van der Waals surface area contributed by atoms with Crippen molar-refractivity contribution in [3.05, 3.63) is 48.5 Å². The first kappa shape index (κ1) is 18.0. The maximum atomic E-state index is 10.2.